The zero-order valence-corrected chi connectivity index (χ0v) is 17.1. The van der Waals surface area contributed by atoms with E-state index in [2.05, 4.69) is 32.3 Å². The van der Waals surface area contributed by atoms with E-state index in [1.54, 1.807) is 0 Å². The van der Waals surface area contributed by atoms with E-state index in [4.69, 9.17) is 0 Å². The number of nitrogens with one attached hydrogen (secondary N) is 2. The number of fused-ring (bicyclic) bond motifs is 1. The van der Waals surface area contributed by atoms with Gasteiger partial charge in [0.2, 0.25) is 5.91 Å². The van der Waals surface area contributed by atoms with Crippen LogP contribution in [0.5, 0.6) is 0 Å². The Morgan fingerprint density at radius 1 is 1.27 bits per heavy atom. The molecule has 1 aliphatic carbocycles. The fourth-order valence-electron chi connectivity index (χ4n) is 4.58. The molecule has 2 atom stereocenters. The van der Waals surface area contributed by atoms with Crippen molar-refractivity contribution < 1.29 is 4.79 Å². The van der Waals surface area contributed by atoms with Crippen molar-refractivity contribution >= 4 is 30.7 Å². The van der Waals surface area contributed by atoms with Crippen LogP contribution in [0, 0.1) is 11.3 Å². The maximum atomic E-state index is 12.8. The fourth-order valence-corrected chi connectivity index (χ4v) is 4.58. The quantitative estimate of drug-likeness (QED) is 0.810. The summed E-state index contributed by atoms with van der Waals surface area (Å²) >= 11 is 0. The largest absolute Gasteiger partial charge is 0.346 e. The van der Waals surface area contributed by atoms with Crippen LogP contribution in [0.2, 0.25) is 0 Å². The molecule has 3 heterocycles. The van der Waals surface area contributed by atoms with Crippen molar-refractivity contribution in [1.82, 2.24) is 25.4 Å². The number of nitrogens with zero attached hydrogens (tertiary/aromatic N) is 3. The number of piperidine rings is 1. The van der Waals surface area contributed by atoms with Crippen molar-refractivity contribution in [2.75, 3.05) is 13.1 Å². The van der Waals surface area contributed by atoms with Crippen molar-refractivity contribution in [3.05, 3.63) is 11.6 Å². The van der Waals surface area contributed by atoms with Crippen molar-refractivity contribution in [2.45, 2.75) is 70.9 Å². The van der Waals surface area contributed by atoms with Crippen LogP contribution in [0.4, 0.5) is 0 Å². The molecule has 0 bridgehead atoms. The summed E-state index contributed by atoms with van der Waals surface area (Å²) in [5.41, 5.74) is 0.287. The van der Waals surface area contributed by atoms with Gasteiger partial charge in [0.15, 0.2) is 5.82 Å². The number of rotatable bonds is 4. The third-order valence-electron chi connectivity index (χ3n) is 6.28. The summed E-state index contributed by atoms with van der Waals surface area (Å²) in [6.07, 6.45) is 8.85. The van der Waals surface area contributed by atoms with E-state index < -0.39 is 0 Å². The predicted molar refractivity (Wildman–Crippen MR) is 106 cm³/mol. The topological polar surface area (TPSA) is 71.8 Å². The van der Waals surface area contributed by atoms with Gasteiger partial charge >= 0.3 is 0 Å². The molecule has 6 nitrogen and oxygen atoms in total. The first kappa shape index (κ1) is 21.5. The Hall–Kier alpha value is -0.850. The van der Waals surface area contributed by atoms with Crippen LogP contribution in [0.1, 0.15) is 69.6 Å². The van der Waals surface area contributed by atoms with Gasteiger partial charge in [-0.15, -0.1) is 35.0 Å². The van der Waals surface area contributed by atoms with Crippen molar-refractivity contribution in [1.29, 1.82) is 0 Å². The number of carbonyl (C=O) groups excluding carboxylic acids is 1. The molecule has 3 aliphatic rings. The van der Waals surface area contributed by atoms with E-state index in [0.717, 1.165) is 63.4 Å². The predicted octanol–water partition coefficient (Wildman–Crippen LogP) is 2.81. The minimum absolute atomic E-state index is 0. The Morgan fingerprint density at radius 3 is 2.77 bits per heavy atom. The van der Waals surface area contributed by atoms with E-state index in [9.17, 15) is 4.79 Å². The second-order valence-electron chi connectivity index (χ2n) is 7.78. The number of carbonyl (C=O) groups is 1. The summed E-state index contributed by atoms with van der Waals surface area (Å²) < 4.78 is 2.26. The molecule has 1 saturated carbocycles. The number of aromatic nitrogens is 3. The maximum Gasteiger partial charge on any atom is 0.224 e. The third-order valence-corrected chi connectivity index (χ3v) is 6.28. The first-order chi connectivity index (χ1) is 11.7. The molecule has 8 heteroatoms. The summed E-state index contributed by atoms with van der Waals surface area (Å²) in [5, 5.41) is 15.5. The van der Waals surface area contributed by atoms with Crippen molar-refractivity contribution in [3.8, 4) is 0 Å². The number of amides is 1. The average molecular weight is 404 g/mol. The van der Waals surface area contributed by atoms with Gasteiger partial charge in [0.05, 0.1) is 6.04 Å². The van der Waals surface area contributed by atoms with Crippen LogP contribution in [0.25, 0.3) is 0 Å². The standard InChI is InChI=1S/C18H29N5O.2ClH/c1-2-14(16-22-21-15-6-4-3-5-11-23(15)16)20-17(24)13-12-18(13)7-9-19-10-8-18;;/h13-14,19H,2-12H2,1H3,(H,20,24);2*1H. The number of hydrogen-bond acceptors (Lipinski definition) is 4. The van der Waals surface area contributed by atoms with Gasteiger partial charge in [-0.2, -0.15) is 0 Å². The lowest BCUT2D eigenvalue weighted by Crippen LogP contribution is -2.36. The maximum absolute atomic E-state index is 12.8. The summed E-state index contributed by atoms with van der Waals surface area (Å²) in [4.78, 5) is 12.8. The Kier molecular flexibility index (Phi) is 7.34. The number of hydrogen-bond donors (Lipinski definition) is 2. The highest BCUT2D eigenvalue weighted by atomic mass is 35.5. The normalized spacial score (nSPS) is 24.4. The molecule has 0 radical (unpaired) electrons. The number of aryl methyl sites for hydroxylation is 1. The molecule has 2 aliphatic heterocycles. The molecule has 1 amide bonds. The highest BCUT2D eigenvalue weighted by Crippen LogP contribution is 2.58. The first-order valence-corrected chi connectivity index (χ1v) is 9.66. The van der Waals surface area contributed by atoms with Gasteiger partial charge in [0.1, 0.15) is 5.82 Å². The zero-order valence-electron chi connectivity index (χ0n) is 15.5. The molecule has 2 unspecified atom stereocenters. The van der Waals surface area contributed by atoms with E-state index >= 15 is 0 Å². The average Bonchev–Trinajstić information content (AvgIpc) is 3.23. The van der Waals surface area contributed by atoms with Gasteiger partial charge in [-0.25, -0.2) is 0 Å². The van der Waals surface area contributed by atoms with Gasteiger partial charge in [-0.05, 0) is 57.0 Å². The highest BCUT2D eigenvalue weighted by Gasteiger charge is 2.57. The lowest BCUT2D eigenvalue weighted by Gasteiger charge is -2.24. The number of halogens is 2. The lowest BCUT2D eigenvalue weighted by molar-refractivity contribution is -0.124. The monoisotopic (exact) mass is 403 g/mol. The van der Waals surface area contributed by atoms with Crippen LogP contribution in [0.15, 0.2) is 0 Å². The van der Waals surface area contributed by atoms with E-state index in [0.29, 0.717) is 0 Å². The molecule has 2 fully saturated rings. The molecule has 1 aromatic rings. The summed E-state index contributed by atoms with van der Waals surface area (Å²) in [5.74, 6) is 2.49. The summed E-state index contributed by atoms with van der Waals surface area (Å²) in [7, 11) is 0. The summed E-state index contributed by atoms with van der Waals surface area (Å²) in [6, 6.07) is -0.00350. The van der Waals surface area contributed by atoms with Gasteiger partial charge in [-0.3, -0.25) is 4.79 Å². The molecular weight excluding hydrogens is 373 g/mol. The van der Waals surface area contributed by atoms with E-state index in [1.165, 1.54) is 19.3 Å². The second kappa shape index (κ2) is 8.89. The van der Waals surface area contributed by atoms with Crippen molar-refractivity contribution in [2.24, 2.45) is 11.3 Å². The molecule has 26 heavy (non-hydrogen) atoms. The minimum atomic E-state index is -0.00350. The zero-order chi connectivity index (χ0) is 16.6. The molecule has 4 rings (SSSR count). The second-order valence-corrected chi connectivity index (χ2v) is 7.78. The molecular formula is C18H31Cl2N5O. The molecule has 2 N–H and O–H groups in total. The van der Waals surface area contributed by atoms with Gasteiger partial charge in [0.25, 0.3) is 0 Å². The van der Waals surface area contributed by atoms with Gasteiger partial charge < -0.3 is 15.2 Å². The smallest absolute Gasteiger partial charge is 0.224 e. The van der Waals surface area contributed by atoms with Crippen LogP contribution in [-0.4, -0.2) is 33.8 Å². The van der Waals surface area contributed by atoms with Gasteiger partial charge in [-0.1, -0.05) is 13.3 Å². The van der Waals surface area contributed by atoms with Crippen LogP contribution < -0.4 is 10.6 Å². The first-order valence-electron chi connectivity index (χ1n) is 9.66. The molecule has 1 aromatic heterocycles. The fraction of sp³-hybridized carbons (Fsp3) is 0.833. The van der Waals surface area contributed by atoms with Crippen LogP contribution >= 0.6 is 24.8 Å². The highest BCUT2D eigenvalue weighted by molar-refractivity contribution is 5.85. The Labute approximate surface area is 168 Å². The molecule has 1 saturated heterocycles. The molecule has 0 aromatic carbocycles. The van der Waals surface area contributed by atoms with Gasteiger partial charge in [0, 0.05) is 18.9 Å². The Bertz CT molecular complexity index is 615. The molecule has 148 valence electrons. The minimum Gasteiger partial charge on any atom is -0.346 e. The Morgan fingerprint density at radius 2 is 2.04 bits per heavy atom. The third kappa shape index (κ3) is 4.02. The van der Waals surface area contributed by atoms with E-state index in [1.807, 2.05) is 0 Å². The van der Waals surface area contributed by atoms with E-state index in [-0.39, 0.29) is 48.1 Å². The summed E-state index contributed by atoms with van der Waals surface area (Å²) in [6.45, 7) is 5.22. The van der Waals surface area contributed by atoms with Crippen LogP contribution in [-0.2, 0) is 17.8 Å². The molecule has 1 spiro atoms. The van der Waals surface area contributed by atoms with Crippen LogP contribution in [0.3, 0.4) is 0 Å². The van der Waals surface area contributed by atoms with Crippen molar-refractivity contribution in [3.63, 3.8) is 0 Å². The Balaban J connectivity index is 0.00000121. The SMILES string of the molecule is CCC(NC(=O)C1CC12CCNCC2)c1nnc2n1CCCCC2.Cl.Cl. The lowest BCUT2D eigenvalue weighted by atomic mass is 9.91.